The molecule has 4 N–H and O–H groups in total. The molecule has 0 radical (unpaired) electrons. The van der Waals surface area contributed by atoms with Crippen molar-refractivity contribution in [3.05, 3.63) is 33.9 Å². The Morgan fingerprint density at radius 1 is 1.52 bits per heavy atom. The van der Waals surface area contributed by atoms with Gasteiger partial charge in [-0.25, -0.2) is 0 Å². The van der Waals surface area contributed by atoms with Crippen molar-refractivity contribution >= 4 is 29.0 Å². The first-order valence-electron chi connectivity index (χ1n) is 6.60. The van der Waals surface area contributed by atoms with Crippen molar-refractivity contribution in [1.29, 1.82) is 0 Å². The first kappa shape index (κ1) is 15.6. The number of hydrazine groups is 1. The Labute approximate surface area is 126 Å². The Morgan fingerprint density at radius 3 is 2.71 bits per heavy atom. The van der Waals surface area contributed by atoms with Crippen molar-refractivity contribution in [2.24, 2.45) is 5.84 Å². The van der Waals surface area contributed by atoms with Crippen LogP contribution < -0.4 is 16.6 Å². The smallest absolute Gasteiger partial charge is 0.282 e. The number of nitrogens with zero attached hydrogens (tertiary/aromatic N) is 1. The SMILES string of the molecule is CSC1(CNC(=O)c2cc(NN)ccc2[N+](=O)[O-])CCC1. The molecule has 1 aromatic rings. The van der Waals surface area contributed by atoms with Crippen LogP contribution in [0.3, 0.4) is 0 Å². The van der Waals surface area contributed by atoms with Gasteiger partial charge in [-0.3, -0.25) is 20.8 Å². The summed E-state index contributed by atoms with van der Waals surface area (Å²) in [5.74, 6) is 4.84. The van der Waals surface area contributed by atoms with Gasteiger partial charge in [0, 0.05) is 23.0 Å². The molecule has 0 saturated heterocycles. The van der Waals surface area contributed by atoms with Crippen LogP contribution in [0.5, 0.6) is 0 Å². The molecule has 114 valence electrons. The normalized spacial score (nSPS) is 15.9. The second kappa shape index (κ2) is 6.31. The summed E-state index contributed by atoms with van der Waals surface area (Å²) >= 11 is 1.73. The van der Waals surface area contributed by atoms with E-state index in [1.54, 1.807) is 11.8 Å². The number of carbonyl (C=O) groups excluding carboxylic acids is 1. The first-order valence-corrected chi connectivity index (χ1v) is 7.82. The summed E-state index contributed by atoms with van der Waals surface area (Å²) in [7, 11) is 0. The van der Waals surface area contributed by atoms with Gasteiger partial charge in [0.15, 0.2) is 0 Å². The Hall–Kier alpha value is -1.80. The highest BCUT2D eigenvalue weighted by Gasteiger charge is 2.36. The molecule has 2 rings (SSSR count). The van der Waals surface area contributed by atoms with Crippen LogP contribution in [-0.4, -0.2) is 28.4 Å². The summed E-state index contributed by atoms with van der Waals surface area (Å²) in [4.78, 5) is 22.7. The Morgan fingerprint density at radius 2 is 2.24 bits per heavy atom. The molecule has 1 aliphatic carbocycles. The van der Waals surface area contributed by atoms with E-state index in [4.69, 9.17) is 5.84 Å². The number of amides is 1. The monoisotopic (exact) mass is 310 g/mol. The topological polar surface area (TPSA) is 110 Å². The minimum Gasteiger partial charge on any atom is -0.350 e. The number of nitrogens with two attached hydrogens (primary N) is 1. The second-order valence-corrected chi connectivity index (χ2v) is 6.33. The van der Waals surface area contributed by atoms with Crippen molar-refractivity contribution in [2.45, 2.75) is 24.0 Å². The number of nitrogen functional groups attached to an aromatic ring is 1. The van der Waals surface area contributed by atoms with E-state index in [2.05, 4.69) is 10.7 Å². The summed E-state index contributed by atoms with van der Waals surface area (Å²) < 4.78 is 0.0775. The van der Waals surface area contributed by atoms with Crippen molar-refractivity contribution in [2.75, 3.05) is 18.2 Å². The molecule has 0 unspecified atom stereocenters. The van der Waals surface area contributed by atoms with Crippen molar-refractivity contribution in [3.8, 4) is 0 Å². The molecule has 0 atom stereocenters. The zero-order chi connectivity index (χ0) is 15.5. The number of rotatable bonds is 6. The van der Waals surface area contributed by atoms with Crippen LogP contribution in [0.4, 0.5) is 11.4 Å². The van der Waals surface area contributed by atoms with Crippen LogP contribution in [0.15, 0.2) is 18.2 Å². The minimum atomic E-state index is -0.567. The Kier molecular flexibility index (Phi) is 4.69. The van der Waals surface area contributed by atoms with Gasteiger partial charge in [-0.05, 0) is 31.2 Å². The lowest BCUT2D eigenvalue weighted by Gasteiger charge is -2.40. The van der Waals surface area contributed by atoms with Gasteiger partial charge in [0.05, 0.1) is 4.92 Å². The summed E-state index contributed by atoms with van der Waals surface area (Å²) in [5.41, 5.74) is 2.64. The van der Waals surface area contributed by atoms with Gasteiger partial charge in [-0.1, -0.05) is 6.42 Å². The van der Waals surface area contributed by atoms with Gasteiger partial charge >= 0.3 is 0 Å². The lowest BCUT2D eigenvalue weighted by Crippen LogP contribution is -2.45. The molecule has 0 aliphatic heterocycles. The predicted octanol–water partition coefficient (Wildman–Crippen LogP) is 1.90. The van der Waals surface area contributed by atoms with E-state index < -0.39 is 10.8 Å². The number of nitro benzene ring substituents is 1. The first-order chi connectivity index (χ1) is 10.0. The fraction of sp³-hybridized carbons (Fsp3) is 0.462. The average molecular weight is 310 g/mol. The quantitative estimate of drug-likeness (QED) is 0.420. The van der Waals surface area contributed by atoms with E-state index in [1.165, 1.54) is 18.2 Å². The van der Waals surface area contributed by atoms with Gasteiger partial charge in [0.1, 0.15) is 5.56 Å². The Bertz CT molecular complexity index is 555. The molecule has 0 aromatic heterocycles. The number of hydrogen-bond donors (Lipinski definition) is 3. The number of nitrogens with one attached hydrogen (secondary N) is 2. The molecule has 0 heterocycles. The van der Waals surface area contributed by atoms with E-state index in [0.29, 0.717) is 12.2 Å². The highest BCUT2D eigenvalue weighted by atomic mass is 32.2. The van der Waals surface area contributed by atoms with Crippen molar-refractivity contribution < 1.29 is 9.72 Å². The van der Waals surface area contributed by atoms with Gasteiger partial charge < -0.3 is 10.7 Å². The molecular formula is C13H18N4O3S. The number of carbonyl (C=O) groups is 1. The summed E-state index contributed by atoms with van der Waals surface area (Å²) in [6.45, 7) is 0.518. The van der Waals surface area contributed by atoms with Crippen molar-refractivity contribution in [1.82, 2.24) is 5.32 Å². The maximum absolute atomic E-state index is 12.2. The molecule has 0 bridgehead atoms. The fourth-order valence-corrected chi connectivity index (χ4v) is 3.24. The lowest BCUT2D eigenvalue weighted by atomic mass is 9.84. The average Bonchev–Trinajstić information content (AvgIpc) is 2.45. The fourth-order valence-electron chi connectivity index (χ4n) is 2.33. The van der Waals surface area contributed by atoms with Crippen LogP contribution >= 0.6 is 11.8 Å². The molecule has 7 nitrogen and oxygen atoms in total. The van der Waals surface area contributed by atoms with Gasteiger partial charge in [0.2, 0.25) is 0 Å². The van der Waals surface area contributed by atoms with Crippen molar-refractivity contribution in [3.63, 3.8) is 0 Å². The third-order valence-corrected chi connectivity index (χ3v) is 5.29. The third-order valence-electron chi connectivity index (χ3n) is 3.87. The predicted molar refractivity (Wildman–Crippen MR) is 83.3 cm³/mol. The zero-order valence-electron chi connectivity index (χ0n) is 11.7. The van der Waals surface area contributed by atoms with E-state index >= 15 is 0 Å². The molecule has 21 heavy (non-hydrogen) atoms. The highest BCUT2D eigenvalue weighted by Crippen LogP contribution is 2.42. The molecule has 1 aliphatic rings. The minimum absolute atomic E-state index is 0.0195. The molecule has 1 fully saturated rings. The Balaban J connectivity index is 2.15. The van der Waals surface area contributed by atoms with Crippen LogP contribution in [0, 0.1) is 10.1 Å². The van der Waals surface area contributed by atoms with Gasteiger partial charge in [-0.15, -0.1) is 0 Å². The largest absolute Gasteiger partial charge is 0.350 e. The molecule has 1 amide bonds. The van der Waals surface area contributed by atoms with E-state index in [9.17, 15) is 14.9 Å². The molecule has 1 saturated carbocycles. The van der Waals surface area contributed by atoms with Gasteiger partial charge in [-0.2, -0.15) is 11.8 Å². The zero-order valence-corrected chi connectivity index (χ0v) is 12.5. The van der Waals surface area contributed by atoms with Crippen LogP contribution in [0.2, 0.25) is 0 Å². The van der Waals surface area contributed by atoms with E-state index in [1.807, 2.05) is 6.26 Å². The lowest BCUT2D eigenvalue weighted by molar-refractivity contribution is -0.385. The van der Waals surface area contributed by atoms with Crippen LogP contribution in [0.1, 0.15) is 29.6 Å². The number of benzene rings is 1. The summed E-state index contributed by atoms with van der Waals surface area (Å²) in [5, 5.41) is 13.8. The third kappa shape index (κ3) is 3.27. The van der Waals surface area contributed by atoms with Crippen LogP contribution in [-0.2, 0) is 0 Å². The van der Waals surface area contributed by atoms with Gasteiger partial charge in [0.25, 0.3) is 11.6 Å². The number of nitro groups is 1. The summed E-state index contributed by atoms with van der Waals surface area (Å²) in [6, 6.07) is 4.13. The maximum atomic E-state index is 12.2. The standard InChI is InChI=1S/C13H18N4O3S/c1-21-13(5-2-6-13)8-15-12(18)10-7-9(16-14)3-4-11(10)17(19)20/h3-4,7,16H,2,5-6,8,14H2,1H3,(H,15,18). The number of thioether (sulfide) groups is 1. The number of hydrogen-bond acceptors (Lipinski definition) is 6. The highest BCUT2D eigenvalue weighted by molar-refractivity contribution is 8.00. The van der Waals surface area contributed by atoms with E-state index in [0.717, 1.165) is 19.3 Å². The number of anilines is 1. The van der Waals surface area contributed by atoms with E-state index in [-0.39, 0.29) is 16.0 Å². The van der Waals surface area contributed by atoms with Crippen LogP contribution in [0.25, 0.3) is 0 Å². The summed E-state index contributed by atoms with van der Waals surface area (Å²) in [6.07, 6.45) is 5.29. The maximum Gasteiger partial charge on any atom is 0.282 e. The molecule has 1 aromatic carbocycles. The molecular weight excluding hydrogens is 292 g/mol. The molecule has 8 heteroatoms. The molecule has 0 spiro atoms. The second-order valence-electron chi connectivity index (χ2n) is 5.06.